The molecule has 3 aromatic rings. The fourth-order valence-corrected chi connectivity index (χ4v) is 1.79. The molecule has 0 unspecified atom stereocenters. The summed E-state index contributed by atoms with van der Waals surface area (Å²) in [5, 5.41) is 10.3. The van der Waals surface area contributed by atoms with Gasteiger partial charge in [0.1, 0.15) is 0 Å². The summed E-state index contributed by atoms with van der Waals surface area (Å²) in [6.07, 6.45) is 1.63. The highest BCUT2D eigenvalue weighted by Gasteiger charge is 2.14. The number of nitrogens with zero attached hydrogens (tertiary/aromatic N) is 3. The Kier molecular flexibility index (Phi) is 2.33. The summed E-state index contributed by atoms with van der Waals surface area (Å²) in [5.41, 5.74) is 2.49. The van der Waals surface area contributed by atoms with E-state index in [-0.39, 0.29) is 5.89 Å². The molecule has 0 aliphatic carbocycles. The summed E-state index contributed by atoms with van der Waals surface area (Å²) < 4.78 is 6.69. The van der Waals surface area contributed by atoms with Gasteiger partial charge in [-0.1, -0.05) is 18.2 Å². The predicted molar refractivity (Wildman–Crippen MR) is 64.4 cm³/mol. The van der Waals surface area contributed by atoms with E-state index in [0.29, 0.717) is 5.56 Å². The van der Waals surface area contributed by atoms with Gasteiger partial charge in [0.15, 0.2) is 0 Å². The Hall–Kier alpha value is -2.63. The van der Waals surface area contributed by atoms with Gasteiger partial charge < -0.3 is 4.42 Å². The monoisotopic (exact) mass is 242 g/mol. The first-order valence-electron chi connectivity index (χ1n) is 5.41. The molecule has 0 aliphatic heterocycles. The van der Waals surface area contributed by atoms with Crippen LogP contribution in [0.5, 0.6) is 0 Å². The molecule has 0 spiro atoms. The van der Waals surface area contributed by atoms with E-state index in [1.165, 1.54) is 0 Å². The van der Waals surface area contributed by atoms with Crippen LogP contribution in [0.4, 0.5) is 0 Å². The van der Waals surface area contributed by atoms with Crippen molar-refractivity contribution in [2.45, 2.75) is 6.92 Å². The van der Waals surface area contributed by atoms with Crippen LogP contribution in [0.15, 0.2) is 45.7 Å². The van der Waals surface area contributed by atoms with Crippen molar-refractivity contribution in [2.75, 3.05) is 0 Å². The van der Waals surface area contributed by atoms with E-state index in [1.54, 1.807) is 10.9 Å². The summed E-state index contributed by atoms with van der Waals surface area (Å²) in [6, 6.07) is 9.71. The molecule has 3 rings (SSSR count). The number of para-hydroxylation sites is 1. The van der Waals surface area contributed by atoms with Gasteiger partial charge in [-0.05, 0) is 19.1 Å². The lowest BCUT2D eigenvalue weighted by Gasteiger charge is -2.03. The minimum absolute atomic E-state index is 0.250. The molecule has 18 heavy (non-hydrogen) atoms. The number of aromatic nitrogens is 4. The Morgan fingerprint density at radius 1 is 1.28 bits per heavy atom. The Bertz CT molecular complexity index is 724. The van der Waals surface area contributed by atoms with Crippen LogP contribution in [-0.2, 0) is 0 Å². The molecule has 0 aliphatic rings. The molecular weight excluding hydrogens is 232 g/mol. The molecule has 6 heteroatoms. The van der Waals surface area contributed by atoms with Gasteiger partial charge in [0, 0.05) is 0 Å². The van der Waals surface area contributed by atoms with Crippen LogP contribution in [0.2, 0.25) is 0 Å². The number of hydrogen-bond acceptors (Lipinski definition) is 4. The number of benzene rings is 1. The second-order valence-corrected chi connectivity index (χ2v) is 3.81. The van der Waals surface area contributed by atoms with Gasteiger partial charge in [-0.15, -0.1) is 5.10 Å². The molecule has 1 N–H and O–H groups in total. The molecule has 0 atom stereocenters. The summed E-state index contributed by atoms with van der Waals surface area (Å²) >= 11 is 0. The molecule has 0 saturated heterocycles. The third-order valence-corrected chi connectivity index (χ3v) is 2.68. The van der Waals surface area contributed by atoms with Crippen molar-refractivity contribution in [3.05, 3.63) is 52.8 Å². The Morgan fingerprint density at radius 3 is 2.72 bits per heavy atom. The maximum absolute atomic E-state index is 10.9. The van der Waals surface area contributed by atoms with Gasteiger partial charge in [-0.3, -0.25) is 0 Å². The van der Waals surface area contributed by atoms with Crippen LogP contribution >= 0.6 is 0 Å². The van der Waals surface area contributed by atoms with Crippen LogP contribution in [-0.4, -0.2) is 20.0 Å². The van der Waals surface area contributed by atoms with Crippen LogP contribution in [0.3, 0.4) is 0 Å². The van der Waals surface area contributed by atoms with Crippen molar-refractivity contribution in [2.24, 2.45) is 0 Å². The molecule has 0 saturated carbocycles. The first-order valence-corrected chi connectivity index (χ1v) is 5.41. The predicted octanol–water partition coefficient (Wildman–Crippen LogP) is 1.52. The van der Waals surface area contributed by atoms with E-state index in [0.717, 1.165) is 11.4 Å². The van der Waals surface area contributed by atoms with Gasteiger partial charge in [0.2, 0.25) is 0 Å². The zero-order valence-corrected chi connectivity index (χ0v) is 9.62. The molecule has 2 heterocycles. The van der Waals surface area contributed by atoms with Crippen molar-refractivity contribution in [1.29, 1.82) is 0 Å². The first kappa shape index (κ1) is 10.5. The van der Waals surface area contributed by atoms with Gasteiger partial charge in [0.05, 0.1) is 23.1 Å². The topological polar surface area (TPSA) is 76.7 Å². The van der Waals surface area contributed by atoms with Crippen molar-refractivity contribution < 1.29 is 4.42 Å². The van der Waals surface area contributed by atoms with Crippen molar-refractivity contribution in [3.8, 4) is 17.1 Å². The van der Waals surface area contributed by atoms with E-state index >= 15 is 0 Å². The number of H-pyrrole nitrogens is 1. The second-order valence-electron chi connectivity index (χ2n) is 3.81. The van der Waals surface area contributed by atoms with Crippen molar-refractivity contribution in [3.63, 3.8) is 0 Å². The lowest BCUT2D eigenvalue weighted by atomic mass is 10.2. The number of rotatable bonds is 2. The highest BCUT2D eigenvalue weighted by molar-refractivity contribution is 5.56. The minimum Gasteiger partial charge on any atom is -0.388 e. The van der Waals surface area contributed by atoms with E-state index in [4.69, 9.17) is 4.42 Å². The normalized spacial score (nSPS) is 10.7. The van der Waals surface area contributed by atoms with Crippen molar-refractivity contribution in [1.82, 2.24) is 20.0 Å². The largest absolute Gasteiger partial charge is 0.434 e. The number of hydrogen-bond donors (Lipinski definition) is 1. The Morgan fingerprint density at radius 2 is 2.06 bits per heavy atom. The van der Waals surface area contributed by atoms with E-state index in [1.807, 2.05) is 37.3 Å². The standard InChI is InChI=1S/C12H10N4O2/c1-8-10(11-14-15-12(17)18-11)7-13-16(8)9-5-3-2-4-6-9/h2-7H,1H3,(H,15,17). The van der Waals surface area contributed by atoms with Gasteiger partial charge in [0.25, 0.3) is 5.89 Å². The van der Waals surface area contributed by atoms with Gasteiger partial charge in [-0.2, -0.15) is 5.10 Å². The molecule has 0 amide bonds. The van der Waals surface area contributed by atoms with Crippen LogP contribution in [0, 0.1) is 6.92 Å². The molecule has 90 valence electrons. The Labute approximate surface area is 102 Å². The fourth-order valence-electron chi connectivity index (χ4n) is 1.79. The molecule has 0 bridgehead atoms. The molecule has 6 nitrogen and oxygen atoms in total. The van der Waals surface area contributed by atoms with E-state index < -0.39 is 5.76 Å². The molecular formula is C12H10N4O2. The number of nitrogens with one attached hydrogen (secondary N) is 1. The molecule has 2 aromatic heterocycles. The third-order valence-electron chi connectivity index (χ3n) is 2.68. The van der Waals surface area contributed by atoms with Gasteiger partial charge in [-0.25, -0.2) is 14.6 Å². The number of aromatic amines is 1. The van der Waals surface area contributed by atoms with Crippen LogP contribution in [0.25, 0.3) is 17.1 Å². The molecule has 0 radical (unpaired) electrons. The average molecular weight is 242 g/mol. The average Bonchev–Trinajstić information content (AvgIpc) is 2.97. The molecule has 1 aromatic carbocycles. The highest BCUT2D eigenvalue weighted by Crippen LogP contribution is 2.21. The Balaban J connectivity index is 2.11. The summed E-state index contributed by atoms with van der Waals surface area (Å²) in [7, 11) is 0. The van der Waals surface area contributed by atoms with Crippen molar-refractivity contribution >= 4 is 0 Å². The van der Waals surface area contributed by atoms with Crippen LogP contribution < -0.4 is 5.76 Å². The summed E-state index contributed by atoms with van der Waals surface area (Å²) in [5.74, 6) is -0.323. The smallest absolute Gasteiger partial charge is 0.388 e. The minimum atomic E-state index is -0.572. The fraction of sp³-hybridized carbons (Fsp3) is 0.0833. The summed E-state index contributed by atoms with van der Waals surface area (Å²) in [4.78, 5) is 10.9. The quantitative estimate of drug-likeness (QED) is 0.739. The summed E-state index contributed by atoms with van der Waals surface area (Å²) in [6.45, 7) is 1.89. The second kappa shape index (κ2) is 3.99. The SMILES string of the molecule is Cc1c(-c2n[nH]c(=O)o2)cnn1-c1ccccc1. The lowest BCUT2D eigenvalue weighted by Crippen LogP contribution is -1.98. The maximum Gasteiger partial charge on any atom is 0.434 e. The van der Waals surface area contributed by atoms with Crippen LogP contribution in [0.1, 0.15) is 5.69 Å². The maximum atomic E-state index is 10.9. The van der Waals surface area contributed by atoms with E-state index in [9.17, 15) is 4.79 Å². The third kappa shape index (κ3) is 1.64. The lowest BCUT2D eigenvalue weighted by molar-refractivity contribution is 0.526. The zero-order valence-electron chi connectivity index (χ0n) is 9.62. The highest BCUT2D eigenvalue weighted by atomic mass is 16.4. The van der Waals surface area contributed by atoms with E-state index in [2.05, 4.69) is 15.3 Å². The molecule has 0 fully saturated rings. The first-order chi connectivity index (χ1) is 8.75. The zero-order chi connectivity index (χ0) is 12.5. The van der Waals surface area contributed by atoms with Gasteiger partial charge >= 0.3 is 5.76 Å².